The van der Waals surface area contributed by atoms with Crippen LogP contribution in [-0.2, 0) is 9.47 Å². The number of hydrogen-bond acceptors (Lipinski definition) is 4. The summed E-state index contributed by atoms with van der Waals surface area (Å²) in [5.41, 5.74) is 2.75. The highest BCUT2D eigenvalue weighted by molar-refractivity contribution is 5.94. The largest absolute Gasteiger partial charge is 0.379 e. The number of hydrogen-bond donors (Lipinski definition) is 1. The quantitative estimate of drug-likeness (QED) is 0.809. The first-order valence-electron chi connectivity index (χ1n) is 8.87. The fourth-order valence-corrected chi connectivity index (χ4v) is 2.82. The van der Waals surface area contributed by atoms with Gasteiger partial charge in [0.1, 0.15) is 6.10 Å². The van der Waals surface area contributed by atoms with Crippen molar-refractivity contribution in [2.24, 2.45) is 0 Å². The predicted molar refractivity (Wildman–Crippen MR) is 99.4 cm³/mol. The van der Waals surface area contributed by atoms with E-state index in [9.17, 15) is 4.79 Å². The van der Waals surface area contributed by atoms with Crippen LogP contribution in [0, 0.1) is 0 Å². The number of ether oxygens (including phenoxy) is 2. The summed E-state index contributed by atoms with van der Waals surface area (Å²) in [5, 5.41) is 7.28. The molecule has 0 radical (unpaired) electrons. The van der Waals surface area contributed by atoms with Crippen LogP contribution >= 0.6 is 0 Å². The van der Waals surface area contributed by atoms with Gasteiger partial charge in [0.2, 0.25) is 0 Å². The van der Waals surface area contributed by atoms with Crippen LogP contribution in [0.15, 0.2) is 54.4 Å². The lowest BCUT2D eigenvalue weighted by Crippen LogP contribution is -2.50. The second-order valence-corrected chi connectivity index (χ2v) is 6.59. The maximum atomic E-state index is 12.6. The van der Waals surface area contributed by atoms with Gasteiger partial charge < -0.3 is 14.8 Å². The molecule has 138 valence electrons. The number of nitrogens with one attached hydrogen (secondary N) is 1. The third kappa shape index (κ3) is 4.80. The first-order chi connectivity index (χ1) is 12.6. The van der Waals surface area contributed by atoms with Crippen LogP contribution in [0.5, 0.6) is 0 Å². The van der Waals surface area contributed by atoms with Crippen molar-refractivity contribution in [2.75, 3.05) is 19.8 Å². The van der Waals surface area contributed by atoms with E-state index in [4.69, 9.17) is 9.47 Å². The smallest absolute Gasteiger partial charge is 0.251 e. The van der Waals surface area contributed by atoms with Crippen molar-refractivity contribution in [1.82, 2.24) is 15.1 Å². The summed E-state index contributed by atoms with van der Waals surface area (Å²) in [5.74, 6) is -0.0975. The van der Waals surface area contributed by atoms with Crippen LogP contribution in [0.25, 0.3) is 5.69 Å². The fraction of sp³-hybridized carbons (Fsp3) is 0.400. The Hall–Kier alpha value is -2.44. The van der Waals surface area contributed by atoms with Crippen LogP contribution in [0.1, 0.15) is 30.6 Å². The topological polar surface area (TPSA) is 65.4 Å². The van der Waals surface area contributed by atoms with Gasteiger partial charge in [0.25, 0.3) is 5.91 Å². The summed E-state index contributed by atoms with van der Waals surface area (Å²) in [4.78, 5) is 12.6. The highest BCUT2D eigenvalue weighted by Gasteiger charge is 2.28. The molecule has 3 rings (SSSR count). The maximum absolute atomic E-state index is 12.6. The molecule has 1 saturated heterocycles. The Bertz CT molecular complexity index is 734. The van der Waals surface area contributed by atoms with Gasteiger partial charge in [0, 0.05) is 24.6 Å². The molecule has 1 aromatic heterocycles. The molecule has 0 aliphatic carbocycles. The van der Waals surface area contributed by atoms with E-state index in [2.05, 4.69) is 10.4 Å². The number of allylic oxidation sites excluding steroid dienone is 1. The Morgan fingerprint density at radius 3 is 2.88 bits per heavy atom. The zero-order valence-corrected chi connectivity index (χ0v) is 15.2. The van der Waals surface area contributed by atoms with Crippen molar-refractivity contribution in [3.8, 4) is 5.69 Å². The van der Waals surface area contributed by atoms with Crippen molar-refractivity contribution in [3.05, 3.63) is 59.9 Å². The van der Waals surface area contributed by atoms with E-state index in [0.717, 1.165) is 12.1 Å². The molecular formula is C20H25N3O3. The Kier molecular flexibility index (Phi) is 6.20. The van der Waals surface area contributed by atoms with E-state index in [1.54, 1.807) is 10.9 Å². The van der Waals surface area contributed by atoms with E-state index in [-0.39, 0.29) is 18.1 Å². The molecule has 0 saturated carbocycles. The monoisotopic (exact) mass is 355 g/mol. The molecule has 1 aliphatic heterocycles. The van der Waals surface area contributed by atoms with E-state index >= 15 is 0 Å². The van der Waals surface area contributed by atoms with Gasteiger partial charge in [-0.1, -0.05) is 11.6 Å². The van der Waals surface area contributed by atoms with Gasteiger partial charge >= 0.3 is 0 Å². The number of amides is 1. The first kappa shape index (κ1) is 18.4. The number of aromatic nitrogens is 2. The molecule has 0 spiro atoms. The zero-order valence-electron chi connectivity index (χ0n) is 15.2. The summed E-state index contributed by atoms with van der Waals surface area (Å²) in [6.07, 6.45) is 6.23. The summed E-state index contributed by atoms with van der Waals surface area (Å²) in [6.45, 7) is 5.73. The van der Waals surface area contributed by atoms with E-state index in [1.165, 1.54) is 5.57 Å². The molecule has 26 heavy (non-hydrogen) atoms. The van der Waals surface area contributed by atoms with Crippen LogP contribution < -0.4 is 5.32 Å². The molecule has 1 aromatic carbocycles. The van der Waals surface area contributed by atoms with Gasteiger partial charge in [-0.15, -0.1) is 0 Å². The van der Waals surface area contributed by atoms with Crippen LogP contribution in [-0.4, -0.2) is 47.7 Å². The van der Waals surface area contributed by atoms with Crippen LogP contribution in [0.4, 0.5) is 0 Å². The Balaban J connectivity index is 1.61. The molecule has 2 aromatic rings. The number of carbonyl (C=O) groups is 1. The average Bonchev–Trinajstić information content (AvgIpc) is 3.18. The third-order valence-corrected chi connectivity index (χ3v) is 4.32. The molecule has 6 nitrogen and oxygen atoms in total. The SMILES string of the molecule is CC(C)=CCO[C@@H]1COCC[C@H]1NC(=O)c1ccc(-n2cccn2)cc1. The molecule has 1 N–H and O–H groups in total. The maximum Gasteiger partial charge on any atom is 0.251 e. The van der Waals surface area contributed by atoms with Crippen LogP contribution in [0.3, 0.4) is 0 Å². The molecule has 1 aliphatic rings. The molecule has 0 unspecified atom stereocenters. The number of benzene rings is 1. The lowest BCUT2D eigenvalue weighted by atomic mass is 10.0. The van der Waals surface area contributed by atoms with Gasteiger partial charge in [-0.25, -0.2) is 4.68 Å². The molecule has 1 amide bonds. The molecule has 0 bridgehead atoms. The van der Waals surface area contributed by atoms with Gasteiger partial charge in [-0.05, 0) is 50.6 Å². The van der Waals surface area contributed by atoms with Crippen molar-refractivity contribution < 1.29 is 14.3 Å². The summed E-state index contributed by atoms with van der Waals surface area (Å²) >= 11 is 0. The van der Waals surface area contributed by atoms with E-state index < -0.39 is 0 Å². The molecule has 6 heteroatoms. The highest BCUT2D eigenvalue weighted by atomic mass is 16.5. The summed E-state index contributed by atoms with van der Waals surface area (Å²) in [6, 6.07) is 9.20. The first-order valence-corrected chi connectivity index (χ1v) is 8.87. The standard InChI is InChI=1S/C20H25N3O3/c1-15(2)8-13-26-19-14-25-12-9-18(19)22-20(24)16-4-6-17(7-5-16)23-11-3-10-21-23/h3-8,10-11,18-19H,9,12-14H2,1-2H3,(H,22,24)/t18-,19-/m1/s1. The molecular weight excluding hydrogens is 330 g/mol. The average molecular weight is 355 g/mol. The minimum atomic E-state index is -0.133. The van der Waals surface area contributed by atoms with E-state index in [0.29, 0.717) is 25.4 Å². The second kappa shape index (κ2) is 8.78. The summed E-state index contributed by atoms with van der Waals surface area (Å²) in [7, 11) is 0. The lowest BCUT2D eigenvalue weighted by molar-refractivity contribution is -0.0589. The van der Waals surface area contributed by atoms with Crippen LogP contribution in [0.2, 0.25) is 0 Å². The molecule has 2 atom stereocenters. The predicted octanol–water partition coefficient (Wildman–Crippen LogP) is 2.74. The van der Waals surface area contributed by atoms with Crippen molar-refractivity contribution in [2.45, 2.75) is 32.4 Å². The Labute approximate surface area is 153 Å². The number of carbonyl (C=O) groups excluding carboxylic acids is 1. The van der Waals surface area contributed by atoms with Gasteiger partial charge in [-0.3, -0.25) is 4.79 Å². The highest BCUT2D eigenvalue weighted by Crippen LogP contribution is 2.14. The third-order valence-electron chi connectivity index (χ3n) is 4.32. The molecule has 1 fully saturated rings. The minimum absolute atomic E-state index is 0.0485. The number of rotatable bonds is 6. The van der Waals surface area contributed by atoms with Gasteiger partial charge in [0.05, 0.1) is 24.9 Å². The van der Waals surface area contributed by atoms with E-state index in [1.807, 2.05) is 56.5 Å². The normalized spacial score (nSPS) is 19.8. The number of nitrogens with zero attached hydrogens (tertiary/aromatic N) is 2. The molecule has 2 heterocycles. The minimum Gasteiger partial charge on any atom is -0.379 e. The fourth-order valence-electron chi connectivity index (χ4n) is 2.82. The second-order valence-electron chi connectivity index (χ2n) is 6.59. The van der Waals surface area contributed by atoms with Crippen molar-refractivity contribution in [1.29, 1.82) is 0 Å². The van der Waals surface area contributed by atoms with Crippen molar-refractivity contribution in [3.63, 3.8) is 0 Å². The zero-order chi connectivity index (χ0) is 18.4. The van der Waals surface area contributed by atoms with Gasteiger partial charge in [-0.2, -0.15) is 5.10 Å². The summed E-state index contributed by atoms with van der Waals surface area (Å²) < 4.78 is 13.1. The Morgan fingerprint density at radius 2 is 2.19 bits per heavy atom. The van der Waals surface area contributed by atoms with Crippen molar-refractivity contribution >= 4 is 5.91 Å². The lowest BCUT2D eigenvalue weighted by Gasteiger charge is -2.31. The van der Waals surface area contributed by atoms with Gasteiger partial charge in [0.15, 0.2) is 0 Å². The Morgan fingerprint density at radius 1 is 1.38 bits per heavy atom.